The second kappa shape index (κ2) is 12.0. The maximum absolute atomic E-state index is 13.6. The largest absolute Gasteiger partial charge is 0.511 e. The zero-order valence-electron chi connectivity index (χ0n) is 25.1. The van der Waals surface area contributed by atoms with Gasteiger partial charge in [0, 0.05) is 10.3 Å². The number of nitrogens with zero attached hydrogens (tertiary/aromatic N) is 2. The van der Waals surface area contributed by atoms with Gasteiger partial charge in [0.1, 0.15) is 23.5 Å². The first kappa shape index (κ1) is 32.1. The minimum Gasteiger partial charge on any atom is -0.480 e. The standard InChI is InChI=1S/C32H26N4O11S/c1-32(2)23(29(41)42)36-27(40)21(28(36)48-32)34-25(38)20(15-7-4-3-5-8-15)33-24(37)16-11-13-17(14-12-16)35-26(39)18-9-6-10-19(46-31(44)45)22(18)47-30(35)43/h3-14,20-21,23,28H,1-2H3,(H,33,37)(H,34,38)(H,41,42)(H,44,45)/t20-,21-,23?,28?/m1/s1. The Morgan fingerprint density at radius 3 is 2.27 bits per heavy atom. The lowest BCUT2D eigenvalue weighted by Crippen LogP contribution is -2.71. The molecule has 1 aromatic heterocycles. The summed E-state index contributed by atoms with van der Waals surface area (Å²) in [6, 6.07) is 14.2. The molecule has 2 fully saturated rings. The molecule has 16 heteroatoms. The minimum atomic E-state index is -1.66. The molecule has 4 atom stereocenters. The maximum Gasteiger partial charge on any atom is 0.511 e. The molecule has 246 valence electrons. The van der Waals surface area contributed by atoms with Crippen molar-refractivity contribution in [1.82, 2.24) is 20.1 Å². The number of aromatic nitrogens is 1. The molecule has 0 radical (unpaired) electrons. The van der Waals surface area contributed by atoms with E-state index in [2.05, 4.69) is 15.4 Å². The normalized spacial score (nSPS) is 19.9. The Bertz CT molecular complexity index is 2110. The van der Waals surface area contributed by atoms with E-state index in [-0.39, 0.29) is 28.0 Å². The second-order valence-corrected chi connectivity index (χ2v) is 13.2. The summed E-state index contributed by atoms with van der Waals surface area (Å²) < 4.78 is 9.72. The first-order chi connectivity index (χ1) is 22.8. The summed E-state index contributed by atoms with van der Waals surface area (Å²) in [5, 5.41) is 23.2. The van der Waals surface area contributed by atoms with Gasteiger partial charge in [0.15, 0.2) is 11.3 Å². The number of nitrogens with one attached hydrogen (secondary N) is 2. The molecule has 4 N–H and O–H groups in total. The molecule has 2 aliphatic rings. The fraction of sp³-hybridized carbons (Fsp3) is 0.219. The molecule has 0 saturated carbocycles. The van der Waals surface area contributed by atoms with Crippen LogP contribution in [0.15, 0.2) is 86.8 Å². The minimum absolute atomic E-state index is 0.0406. The van der Waals surface area contributed by atoms with Crippen molar-refractivity contribution in [2.75, 3.05) is 0 Å². The molecular formula is C32H26N4O11S. The maximum atomic E-state index is 13.6. The van der Waals surface area contributed by atoms with E-state index in [4.69, 9.17) is 9.52 Å². The molecule has 2 saturated heterocycles. The van der Waals surface area contributed by atoms with Crippen molar-refractivity contribution >= 4 is 52.6 Å². The SMILES string of the molecule is CC1(C)SC2[C@H](NC(=O)[C@H](NC(=O)c3ccc(-n4c(=O)oc5c(OC(=O)O)cccc5c4=O)cc3)c3ccccc3)C(=O)N2C1C(=O)O. The van der Waals surface area contributed by atoms with Gasteiger partial charge in [-0.25, -0.2) is 19.0 Å². The van der Waals surface area contributed by atoms with Crippen molar-refractivity contribution < 1.29 is 43.3 Å². The smallest absolute Gasteiger partial charge is 0.480 e. The number of para-hydroxylation sites is 1. The third-order valence-electron chi connectivity index (χ3n) is 8.01. The Morgan fingerprint density at radius 1 is 0.938 bits per heavy atom. The number of aliphatic carboxylic acids is 1. The number of carboxylic acids is 1. The monoisotopic (exact) mass is 674 g/mol. The number of benzene rings is 3. The van der Waals surface area contributed by atoms with Gasteiger partial charge in [-0.15, -0.1) is 11.8 Å². The molecule has 0 bridgehead atoms. The number of amides is 3. The van der Waals surface area contributed by atoms with E-state index in [1.807, 2.05) is 0 Å². The van der Waals surface area contributed by atoms with Crippen LogP contribution in [0.1, 0.15) is 35.8 Å². The number of β-lactam (4-membered cyclic amide) rings is 1. The number of carbonyl (C=O) groups is 5. The van der Waals surface area contributed by atoms with Crippen LogP contribution in [0.4, 0.5) is 4.79 Å². The van der Waals surface area contributed by atoms with Crippen LogP contribution in [-0.2, 0) is 14.4 Å². The van der Waals surface area contributed by atoms with Gasteiger partial charge in [-0.1, -0.05) is 36.4 Å². The van der Waals surface area contributed by atoms with Gasteiger partial charge in [0.05, 0.1) is 11.1 Å². The fourth-order valence-electron chi connectivity index (χ4n) is 5.83. The Labute approximate surface area is 274 Å². The average Bonchev–Trinajstić information content (AvgIpc) is 3.30. The van der Waals surface area contributed by atoms with Crippen LogP contribution in [0, 0.1) is 0 Å². The number of ether oxygens (including phenoxy) is 1. The van der Waals surface area contributed by atoms with E-state index < -0.39 is 69.4 Å². The van der Waals surface area contributed by atoms with Crippen LogP contribution in [0.5, 0.6) is 5.75 Å². The van der Waals surface area contributed by atoms with E-state index in [9.17, 15) is 38.7 Å². The van der Waals surface area contributed by atoms with Crippen molar-refractivity contribution in [3.8, 4) is 11.4 Å². The Kier molecular flexibility index (Phi) is 8.04. The van der Waals surface area contributed by atoms with E-state index >= 15 is 0 Å². The van der Waals surface area contributed by atoms with Crippen LogP contribution in [0.25, 0.3) is 16.7 Å². The number of hydrogen-bond donors (Lipinski definition) is 4. The van der Waals surface area contributed by atoms with Crippen molar-refractivity contribution in [3.63, 3.8) is 0 Å². The summed E-state index contributed by atoms with van der Waals surface area (Å²) in [7, 11) is 0. The average molecular weight is 675 g/mol. The summed E-state index contributed by atoms with van der Waals surface area (Å²) in [5.41, 5.74) is -0.652. The number of carboxylic acid groups (broad SMARTS) is 2. The highest BCUT2D eigenvalue weighted by atomic mass is 32.2. The number of rotatable bonds is 8. The van der Waals surface area contributed by atoms with Crippen LogP contribution in [0.2, 0.25) is 0 Å². The summed E-state index contributed by atoms with van der Waals surface area (Å²) in [6.07, 6.45) is -1.66. The first-order valence-electron chi connectivity index (χ1n) is 14.4. The first-order valence-corrected chi connectivity index (χ1v) is 15.3. The van der Waals surface area contributed by atoms with Crippen LogP contribution < -0.4 is 26.7 Å². The van der Waals surface area contributed by atoms with E-state index in [1.54, 1.807) is 44.2 Å². The van der Waals surface area contributed by atoms with E-state index in [1.165, 1.54) is 59.1 Å². The lowest BCUT2D eigenvalue weighted by molar-refractivity contribution is -0.161. The highest BCUT2D eigenvalue weighted by Crippen LogP contribution is 2.50. The summed E-state index contributed by atoms with van der Waals surface area (Å²) >= 11 is 1.27. The molecule has 4 aromatic rings. The van der Waals surface area contributed by atoms with E-state index in [0.717, 1.165) is 0 Å². The second-order valence-electron chi connectivity index (χ2n) is 11.5. The zero-order chi connectivity index (χ0) is 34.5. The highest BCUT2D eigenvalue weighted by Gasteiger charge is 2.64. The van der Waals surface area contributed by atoms with Gasteiger partial charge in [-0.05, 0) is 55.8 Å². The Morgan fingerprint density at radius 2 is 1.62 bits per heavy atom. The van der Waals surface area contributed by atoms with Crippen LogP contribution in [-0.4, -0.2) is 71.7 Å². The zero-order valence-corrected chi connectivity index (χ0v) is 25.9. The van der Waals surface area contributed by atoms with Crippen LogP contribution in [0.3, 0.4) is 0 Å². The van der Waals surface area contributed by atoms with Gasteiger partial charge in [0.25, 0.3) is 11.5 Å². The number of carbonyl (C=O) groups excluding carboxylic acids is 3. The van der Waals surface area contributed by atoms with Crippen molar-refractivity contribution in [2.45, 2.75) is 42.1 Å². The molecule has 2 unspecified atom stereocenters. The number of fused-ring (bicyclic) bond motifs is 2. The molecular weight excluding hydrogens is 648 g/mol. The molecule has 3 heterocycles. The molecule has 0 aliphatic carbocycles. The molecule has 15 nitrogen and oxygen atoms in total. The third kappa shape index (κ3) is 5.55. The summed E-state index contributed by atoms with van der Waals surface area (Å²) in [4.78, 5) is 90.0. The summed E-state index contributed by atoms with van der Waals surface area (Å²) in [6.45, 7) is 3.44. The quantitative estimate of drug-likeness (QED) is 0.120. The van der Waals surface area contributed by atoms with Crippen molar-refractivity contribution in [1.29, 1.82) is 0 Å². The topological polar surface area (TPSA) is 215 Å². The number of hydrogen-bond acceptors (Lipinski definition) is 10. The predicted octanol–water partition coefficient (Wildman–Crippen LogP) is 2.10. The number of thioether (sulfide) groups is 1. The molecule has 3 aromatic carbocycles. The van der Waals surface area contributed by atoms with Crippen molar-refractivity contribution in [2.24, 2.45) is 0 Å². The molecule has 0 spiro atoms. The third-order valence-corrected chi connectivity index (χ3v) is 9.58. The van der Waals surface area contributed by atoms with E-state index in [0.29, 0.717) is 10.1 Å². The van der Waals surface area contributed by atoms with Gasteiger partial charge in [0.2, 0.25) is 11.8 Å². The lowest BCUT2D eigenvalue weighted by Gasteiger charge is -2.44. The fourth-order valence-corrected chi connectivity index (χ4v) is 7.45. The van der Waals surface area contributed by atoms with Gasteiger partial charge in [-0.2, -0.15) is 0 Å². The van der Waals surface area contributed by atoms with Gasteiger partial charge < -0.3 is 34.9 Å². The molecule has 48 heavy (non-hydrogen) atoms. The Balaban J connectivity index is 1.23. The molecule has 6 rings (SSSR count). The Hall–Kier alpha value is -5.90. The lowest BCUT2D eigenvalue weighted by atomic mass is 9.95. The van der Waals surface area contributed by atoms with Crippen molar-refractivity contribution in [3.05, 3.63) is 105 Å². The molecule has 3 amide bonds. The van der Waals surface area contributed by atoms with Gasteiger partial charge >= 0.3 is 17.9 Å². The van der Waals surface area contributed by atoms with Gasteiger partial charge in [-0.3, -0.25) is 19.2 Å². The van der Waals surface area contributed by atoms with Crippen LogP contribution >= 0.6 is 11.8 Å². The predicted molar refractivity (Wildman–Crippen MR) is 169 cm³/mol. The summed E-state index contributed by atoms with van der Waals surface area (Å²) in [5.74, 6) is -4.52. The highest BCUT2D eigenvalue weighted by molar-refractivity contribution is 8.01. The molecule has 2 aliphatic heterocycles.